The molecule has 1 heterocycles. The van der Waals surface area contributed by atoms with Crippen molar-refractivity contribution in [3.8, 4) is 11.5 Å². The van der Waals surface area contributed by atoms with Crippen molar-refractivity contribution in [2.45, 2.75) is 40.0 Å². The van der Waals surface area contributed by atoms with Crippen LogP contribution in [0.2, 0.25) is 0 Å². The maximum Gasteiger partial charge on any atom is 0.152 e. The Morgan fingerprint density at radius 2 is 1.21 bits per heavy atom. The Hall–Kier alpha value is -1.78. The zero-order chi connectivity index (χ0) is 20.2. The third-order valence-electron chi connectivity index (χ3n) is 5.13. The van der Waals surface area contributed by atoms with E-state index in [0.717, 1.165) is 31.8 Å². The number of halogens is 2. The Labute approximate surface area is 183 Å². The van der Waals surface area contributed by atoms with Gasteiger partial charge in [0.2, 0.25) is 0 Å². The Balaban J connectivity index is 1.98. The van der Waals surface area contributed by atoms with E-state index >= 15 is 0 Å². The SMILES string of the molecule is Cc1cc(C(C)(C)C)cc(C)c1N1c2ccc(Br)cc2Oc2cc(Br)ccc21. The lowest BCUT2D eigenvalue weighted by Gasteiger charge is -2.35. The molecule has 0 radical (unpaired) electrons. The number of rotatable bonds is 1. The summed E-state index contributed by atoms with van der Waals surface area (Å²) in [4.78, 5) is 2.32. The molecule has 1 aliphatic heterocycles. The first-order valence-corrected chi connectivity index (χ1v) is 10.9. The van der Waals surface area contributed by atoms with Gasteiger partial charge in [0, 0.05) is 8.95 Å². The number of nitrogens with zero attached hydrogens (tertiary/aromatic N) is 1. The van der Waals surface area contributed by atoms with Crippen molar-refractivity contribution in [3.05, 3.63) is 74.2 Å². The predicted octanol–water partition coefficient (Wildman–Crippen LogP) is 8.70. The summed E-state index contributed by atoms with van der Waals surface area (Å²) in [6.45, 7) is 11.2. The van der Waals surface area contributed by atoms with Gasteiger partial charge in [0.15, 0.2) is 11.5 Å². The van der Waals surface area contributed by atoms with Gasteiger partial charge in [-0.1, -0.05) is 64.8 Å². The molecule has 144 valence electrons. The van der Waals surface area contributed by atoms with Crippen molar-refractivity contribution in [2.24, 2.45) is 0 Å². The number of hydrogen-bond donors (Lipinski definition) is 0. The molecule has 3 aromatic rings. The third-order valence-corrected chi connectivity index (χ3v) is 6.11. The van der Waals surface area contributed by atoms with E-state index in [1.165, 1.54) is 22.4 Å². The molecule has 0 amide bonds. The van der Waals surface area contributed by atoms with E-state index in [1.807, 2.05) is 12.1 Å². The molecule has 0 unspecified atom stereocenters. The summed E-state index contributed by atoms with van der Waals surface area (Å²) in [7, 11) is 0. The smallest absolute Gasteiger partial charge is 0.152 e. The average Bonchev–Trinajstić information content (AvgIpc) is 2.59. The van der Waals surface area contributed by atoms with Crippen molar-refractivity contribution < 1.29 is 4.74 Å². The third kappa shape index (κ3) is 3.37. The van der Waals surface area contributed by atoms with Crippen LogP contribution < -0.4 is 9.64 Å². The molecule has 0 saturated carbocycles. The molecule has 0 atom stereocenters. The van der Waals surface area contributed by atoms with E-state index in [0.29, 0.717) is 0 Å². The summed E-state index contributed by atoms with van der Waals surface area (Å²) in [6, 6.07) is 17.0. The van der Waals surface area contributed by atoms with E-state index in [1.54, 1.807) is 0 Å². The first kappa shape index (κ1) is 19.5. The van der Waals surface area contributed by atoms with E-state index < -0.39 is 0 Å². The van der Waals surface area contributed by atoms with Gasteiger partial charge in [0.1, 0.15) is 0 Å². The fourth-order valence-corrected chi connectivity index (χ4v) is 4.42. The van der Waals surface area contributed by atoms with Crippen LogP contribution in [0, 0.1) is 13.8 Å². The van der Waals surface area contributed by atoms with E-state index in [-0.39, 0.29) is 5.41 Å². The summed E-state index contributed by atoms with van der Waals surface area (Å²) < 4.78 is 8.25. The van der Waals surface area contributed by atoms with Crippen molar-refractivity contribution in [3.63, 3.8) is 0 Å². The fraction of sp³-hybridized carbons (Fsp3) is 0.250. The van der Waals surface area contributed by atoms with Crippen LogP contribution in [0.25, 0.3) is 0 Å². The highest BCUT2D eigenvalue weighted by Crippen LogP contribution is 2.53. The molecule has 0 N–H and O–H groups in total. The second-order valence-electron chi connectivity index (χ2n) is 8.37. The molecular weight excluding hydrogens is 478 g/mol. The van der Waals surface area contributed by atoms with Gasteiger partial charge in [0.25, 0.3) is 0 Å². The first-order valence-electron chi connectivity index (χ1n) is 9.34. The molecule has 2 nitrogen and oxygen atoms in total. The van der Waals surface area contributed by atoms with Crippen LogP contribution in [-0.2, 0) is 5.41 Å². The summed E-state index contributed by atoms with van der Waals surface area (Å²) in [6.07, 6.45) is 0. The van der Waals surface area contributed by atoms with Crippen molar-refractivity contribution >= 4 is 48.9 Å². The molecule has 0 saturated heterocycles. The lowest BCUT2D eigenvalue weighted by Crippen LogP contribution is -2.19. The summed E-state index contributed by atoms with van der Waals surface area (Å²) in [5, 5.41) is 0. The highest BCUT2D eigenvalue weighted by atomic mass is 79.9. The predicted molar refractivity (Wildman–Crippen MR) is 125 cm³/mol. The van der Waals surface area contributed by atoms with Crippen LogP contribution >= 0.6 is 31.9 Å². The topological polar surface area (TPSA) is 12.5 Å². The number of fused-ring (bicyclic) bond motifs is 2. The van der Waals surface area contributed by atoms with Crippen LogP contribution in [0.4, 0.5) is 17.1 Å². The van der Waals surface area contributed by atoms with E-state index in [2.05, 4.69) is 108 Å². The summed E-state index contributed by atoms with van der Waals surface area (Å²) in [5.74, 6) is 1.69. The molecule has 4 rings (SSSR count). The summed E-state index contributed by atoms with van der Waals surface area (Å²) in [5.41, 5.74) is 7.30. The number of benzene rings is 3. The van der Waals surface area contributed by atoms with Gasteiger partial charge < -0.3 is 9.64 Å². The van der Waals surface area contributed by atoms with Crippen molar-refractivity contribution in [1.29, 1.82) is 0 Å². The molecule has 1 aliphatic rings. The Morgan fingerprint density at radius 3 is 1.64 bits per heavy atom. The molecule has 0 aliphatic carbocycles. The minimum atomic E-state index is 0.116. The van der Waals surface area contributed by atoms with Crippen LogP contribution in [0.5, 0.6) is 11.5 Å². The maximum absolute atomic E-state index is 6.25. The largest absolute Gasteiger partial charge is 0.453 e. The zero-order valence-electron chi connectivity index (χ0n) is 16.7. The van der Waals surface area contributed by atoms with E-state index in [4.69, 9.17) is 4.74 Å². The highest BCUT2D eigenvalue weighted by Gasteiger charge is 2.29. The van der Waals surface area contributed by atoms with E-state index in [9.17, 15) is 0 Å². The molecule has 3 aromatic carbocycles. The van der Waals surface area contributed by atoms with Crippen LogP contribution in [0.15, 0.2) is 57.5 Å². The standard InChI is InChI=1S/C24H23Br2NO/c1-14-10-16(24(3,4)5)11-15(2)23(14)27-19-8-6-17(25)12-21(19)28-22-13-18(26)7-9-20(22)27/h6-13H,1-5H3. The van der Waals surface area contributed by atoms with Gasteiger partial charge in [-0.15, -0.1) is 0 Å². The molecule has 0 fully saturated rings. The van der Waals surface area contributed by atoms with Crippen molar-refractivity contribution in [2.75, 3.05) is 4.90 Å². The summed E-state index contributed by atoms with van der Waals surface area (Å²) >= 11 is 7.15. The lowest BCUT2D eigenvalue weighted by molar-refractivity contribution is 0.476. The molecule has 0 spiro atoms. The molecule has 4 heteroatoms. The normalized spacial score (nSPS) is 13.0. The van der Waals surface area contributed by atoms with Gasteiger partial charge >= 0.3 is 0 Å². The van der Waals surface area contributed by atoms with Gasteiger partial charge in [0.05, 0.1) is 17.1 Å². The highest BCUT2D eigenvalue weighted by molar-refractivity contribution is 9.10. The van der Waals surface area contributed by atoms with Crippen LogP contribution in [0.3, 0.4) is 0 Å². The fourth-order valence-electron chi connectivity index (χ4n) is 3.74. The number of hydrogen-bond acceptors (Lipinski definition) is 2. The molecule has 0 aromatic heterocycles. The monoisotopic (exact) mass is 499 g/mol. The minimum absolute atomic E-state index is 0.116. The second kappa shape index (κ2) is 6.93. The van der Waals surface area contributed by atoms with Crippen LogP contribution in [-0.4, -0.2) is 0 Å². The number of anilines is 3. The Morgan fingerprint density at radius 1 is 0.750 bits per heavy atom. The Kier molecular flexibility index (Phi) is 4.83. The quantitative estimate of drug-likeness (QED) is 0.259. The van der Waals surface area contributed by atoms with Gasteiger partial charge in [-0.2, -0.15) is 0 Å². The van der Waals surface area contributed by atoms with Gasteiger partial charge in [-0.05, 0) is 72.4 Å². The van der Waals surface area contributed by atoms with Crippen molar-refractivity contribution in [1.82, 2.24) is 0 Å². The lowest BCUT2D eigenvalue weighted by atomic mass is 9.84. The molecule has 0 bridgehead atoms. The average molecular weight is 501 g/mol. The van der Waals surface area contributed by atoms with Crippen LogP contribution in [0.1, 0.15) is 37.5 Å². The number of ether oxygens (including phenoxy) is 1. The maximum atomic E-state index is 6.25. The van der Waals surface area contributed by atoms with Gasteiger partial charge in [-0.3, -0.25) is 0 Å². The van der Waals surface area contributed by atoms with Gasteiger partial charge in [-0.25, -0.2) is 0 Å². The Bertz CT molecular complexity index is 1010. The molecular formula is C24H23Br2NO. The first-order chi connectivity index (χ1) is 13.1. The molecule has 28 heavy (non-hydrogen) atoms. The second-order valence-corrected chi connectivity index (χ2v) is 10.2. The minimum Gasteiger partial charge on any atom is -0.453 e. The number of aryl methyl sites for hydroxylation is 2. The zero-order valence-corrected chi connectivity index (χ0v) is 19.9.